The molecule has 1 aliphatic heterocycles. The Morgan fingerprint density at radius 1 is 1.06 bits per heavy atom. The summed E-state index contributed by atoms with van der Waals surface area (Å²) in [5.74, 6) is -0.725. The molecule has 0 aliphatic carbocycles. The minimum atomic E-state index is -4.53. The third-order valence-electron chi connectivity index (χ3n) is 5.04. The average Bonchev–Trinajstić information content (AvgIpc) is 3.31. The number of nitrogens with zero attached hydrogens (tertiary/aromatic N) is 2. The number of carbonyl (C=O) groups is 1. The molecule has 1 N–H and O–H groups in total. The van der Waals surface area contributed by atoms with E-state index in [1.165, 1.54) is 22.9 Å². The maximum Gasteiger partial charge on any atom is 0.416 e. The van der Waals surface area contributed by atoms with E-state index in [9.17, 15) is 26.4 Å². The molecule has 1 aliphatic rings. The lowest BCUT2D eigenvalue weighted by Gasteiger charge is -2.13. The molecule has 0 bridgehead atoms. The molecule has 3 aromatic rings. The number of nitrogens with one attached hydrogen (secondary N) is 1. The Labute approximate surface area is 176 Å². The molecule has 0 radical (unpaired) electrons. The van der Waals surface area contributed by atoms with Crippen LogP contribution in [0.3, 0.4) is 0 Å². The highest BCUT2D eigenvalue weighted by Crippen LogP contribution is 2.32. The molecule has 10 heteroatoms. The Balaban J connectivity index is 1.67. The molecule has 31 heavy (non-hydrogen) atoms. The third kappa shape index (κ3) is 4.63. The van der Waals surface area contributed by atoms with E-state index in [4.69, 9.17) is 0 Å². The standard InChI is InChI=1S/C21H18F3N3O3S/c22-21(23,24)15-7-4-8-16(11-15)25-20(28)18-12-19(14-5-2-1-3-6-14)27(26-18)17-9-10-31(29,30)13-17/h1-8,11-12,17H,9-10,13H2,(H,25,28). The maximum atomic E-state index is 12.9. The highest BCUT2D eigenvalue weighted by atomic mass is 32.2. The van der Waals surface area contributed by atoms with Crippen molar-refractivity contribution in [2.75, 3.05) is 16.8 Å². The summed E-state index contributed by atoms with van der Waals surface area (Å²) in [5, 5.41) is 6.76. The van der Waals surface area contributed by atoms with Crippen molar-refractivity contribution in [1.29, 1.82) is 0 Å². The van der Waals surface area contributed by atoms with Gasteiger partial charge in [-0.2, -0.15) is 18.3 Å². The number of benzene rings is 2. The number of hydrogen-bond donors (Lipinski definition) is 1. The van der Waals surface area contributed by atoms with Gasteiger partial charge in [-0.05, 0) is 36.2 Å². The average molecular weight is 449 g/mol. The van der Waals surface area contributed by atoms with Crippen LogP contribution in [0.4, 0.5) is 18.9 Å². The molecule has 1 saturated heterocycles. The number of amides is 1. The van der Waals surface area contributed by atoms with E-state index >= 15 is 0 Å². The van der Waals surface area contributed by atoms with Crippen molar-refractivity contribution < 1.29 is 26.4 Å². The first kappa shape index (κ1) is 21.1. The lowest BCUT2D eigenvalue weighted by molar-refractivity contribution is -0.137. The van der Waals surface area contributed by atoms with Gasteiger partial charge >= 0.3 is 6.18 Å². The van der Waals surface area contributed by atoms with Crippen molar-refractivity contribution in [1.82, 2.24) is 9.78 Å². The molecule has 2 aromatic carbocycles. The van der Waals surface area contributed by atoms with Gasteiger partial charge in [0.15, 0.2) is 15.5 Å². The molecular weight excluding hydrogens is 431 g/mol. The lowest BCUT2D eigenvalue weighted by Crippen LogP contribution is -2.17. The smallest absolute Gasteiger partial charge is 0.321 e. The van der Waals surface area contributed by atoms with Crippen LogP contribution in [-0.4, -0.2) is 35.6 Å². The Morgan fingerprint density at radius 2 is 1.81 bits per heavy atom. The summed E-state index contributed by atoms with van der Waals surface area (Å²) in [6, 6.07) is 14.5. The molecule has 1 amide bonds. The highest BCUT2D eigenvalue weighted by molar-refractivity contribution is 7.91. The van der Waals surface area contributed by atoms with E-state index < -0.39 is 33.5 Å². The van der Waals surface area contributed by atoms with Crippen LogP contribution in [0.15, 0.2) is 60.7 Å². The highest BCUT2D eigenvalue weighted by Gasteiger charge is 2.33. The number of carbonyl (C=O) groups excluding carboxylic acids is 1. The predicted octanol–water partition coefficient (Wildman–Crippen LogP) is 4.18. The first-order valence-corrected chi connectivity index (χ1v) is 11.3. The lowest BCUT2D eigenvalue weighted by atomic mass is 10.1. The predicted molar refractivity (Wildman–Crippen MR) is 109 cm³/mol. The van der Waals surface area contributed by atoms with Crippen LogP contribution in [0.5, 0.6) is 0 Å². The van der Waals surface area contributed by atoms with Crippen LogP contribution in [-0.2, 0) is 16.0 Å². The van der Waals surface area contributed by atoms with Gasteiger partial charge in [0.2, 0.25) is 0 Å². The molecule has 1 unspecified atom stereocenters. The van der Waals surface area contributed by atoms with Crippen LogP contribution >= 0.6 is 0 Å². The quantitative estimate of drug-likeness (QED) is 0.648. The molecule has 1 atom stereocenters. The summed E-state index contributed by atoms with van der Waals surface area (Å²) < 4.78 is 64.2. The molecule has 162 valence electrons. The molecule has 2 heterocycles. The van der Waals surface area contributed by atoms with E-state index in [0.717, 1.165) is 17.7 Å². The Bertz CT molecular complexity index is 1220. The van der Waals surface area contributed by atoms with Crippen molar-refractivity contribution in [3.63, 3.8) is 0 Å². The van der Waals surface area contributed by atoms with Crippen LogP contribution in [0.25, 0.3) is 11.3 Å². The second-order valence-corrected chi connectivity index (χ2v) is 9.54. The SMILES string of the molecule is O=C(Nc1cccc(C(F)(F)F)c1)c1cc(-c2ccccc2)n(C2CCS(=O)(=O)C2)n1. The Hall–Kier alpha value is -3.14. The number of alkyl halides is 3. The molecule has 6 nitrogen and oxygen atoms in total. The van der Waals surface area contributed by atoms with Crippen LogP contribution in [0.2, 0.25) is 0 Å². The van der Waals surface area contributed by atoms with Crippen LogP contribution < -0.4 is 5.32 Å². The summed E-state index contributed by atoms with van der Waals surface area (Å²) in [7, 11) is -3.19. The largest absolute Gasteiger partial charge is 0.416 e. The van der Waals surface area contributed by atoms with Gasteiger partial charge in [0.25, 0.3) is 5.91 Å². The summed E-state index contributed by atoms with van der Waals surface area (Å²) >= 11 is 0. The number of hydrogen-bond acceptors (Lipinski definition) is 4. The van der Waals surface area contributed by atoms with Gasteiger partial charge in [-0.25, -0.2) is 8.42 Å². The number of aromatic nitrogens is 2. The minimum Gasteiger partial charge on any atom is -0.321 e. The molecule has 1 fully saturated rings. The van der Waals surface area contributed by atoms with E-state index in [2.05, 4.69) is 10.4 Å². The first-order chi connectivity index (χ1) is 14.6. The summed E-state index contributed by atoms with van der Waals surface area (Å²) in [6.45, 7) is 0. The van der Waals surface area contributed by atoms with Crippen molar-refractivity contribution in [3.05, 3.63) is 71.9 Å². The number of rotatable bonds is 4. The summed E-state index contributed by atoms with van der Waals surface area (Å²) in [4.78, 5) is 12.7. The van der Waals surface area contributed by atoms with Gasteiger partial charge in [-0.15, -0.1) is 0 Å². The zero-order chi connectivity index (χ0) is 22.2. The second kappa shape index (κ2) is 7.84. The zero-order valence-electron chi connectivity index (χ0n) is 16.1. The van der Waals surface area contributed by atoms with Gasteiger partial charge in [0.1, 0.15) is 0 Å². The van der Waals surface area contributed by atoms with E-state index in [-0.39, 0.29) is 22.9 Å². The van der Waals surface area contributed by atoms with Gasteiger partial charge in [0, 0.05) is 5.69 Å². The summed E-state index contributed by atoms with van der Waals surface area (Å²) in [6.07, 6.45) is -4.16. The molecule has 0 spiro atoms. The van der Waals surface area contributed by atoms with E-state index in [0.29, 0.717) is 12.1 Å². The van der Waals surface area contributed by atoms with Crippen LogP contribution in [0, 0.1) is 0 Å². The number of anilines is 1. The number of halogens is 3. The molecule has 1 aromatic heterocycles. The topological polar surface area (TPSA) is 81.1 Å². The fraction of sp³-hybridized carbons (Fsp3) is 0.238. The normalized spacial score (nSPS) is 18.1. The number of sulfone groups is 1. The van der Waals surface area contributed by atoms with Gasteiger partial charge < -0.3 is 5.32 Å². The van der Waals surface area contributed by atoms with Crippen LogP contribution in [0.1, 0.15) is 28.5 Å². The zero-order valence-corrected chi connectivity index (χ0v) is 16.9. The van der Waals surface area contributed by atoms with Gasteiger partial charge in [-0.1, -0.05) is 36.4 Å². The van der Waals surface area contributed by atoms with Gasteiger partial charge in [0.05, 0.1) is 28.8 Å². The minimum absolute atomic E-state index is 0.0134. The Morgan fingerprint density at radius 3 is 2.45 bits per heavy atom. The van der Waals surface area contributed by atoms with Gasteiger partial charge in [-0.3, -0.25) is 9.48 Å². The van der Waals surface area contributed by atoms with Crippen molar-refractivity contribution >= 4 is 21.4 Å². The van der Waals surface area contributed by atoms with E-state index in [1.54, 1.807) is 12.1 Å². The van der Waals surface area contributed by atoms with Crippen molar-refractivity contribution in [3.8, 4) is 11.3 Å². The molecule has 0 saturated carbocycles. The fourth-order valence-corrected chi connectivity index (χ4v) is 5.24. The summed E-state index contributed by atoms with van der Waals surface area (Å²) in [5.41, 5.74) is 0.408. The maximum absolute atomic E-state index is 12.9. The Kier molecular flexibility index (Phi) is 5.34. The van der Waals surface area contributed by atoms with Crippen molar-refractivity contribution in [2.24, 2.45) is 0 Å². The third-order valence-corrected chi connectivity index (χ3v) is 6.79. The first-order valence-electron chi connectivity index (χ1n) is 9.46. The molecule has 4 rings (SSSR count). The fourth-order valence-electron chi connectivity index (χ4n) is 3.54. The monoisotopic (exact) mass is 449 g/mol. The molecular formula is C21H18F3N3O3S. The van der Waals surface area contributed by atoms with Crippen molar-refractivity contribution in [2.45, 2.75) is 18.6 Å². The van der Waals surface area contributed by atoms with E-state index in [1.807, 2.05) is 18.2 Å². The second-order valence-electron chi connectivity index (χ2n) is 7.31.